The van der Waals surface area contributed by atoms with E-state index in [1.807, 2.05) is 0 Å². The van der Waals surface area contributed by atoms with Gasteiger partial charge in [-0.25, -0.2) is 0 Å². The van der Waals surface area contributed by atoms with Gasteiger partial charge < -0.3 is 19.3 Å². The van der Waals surface area contributed by atoms with Crippen molar-refractivity contribution in [1.29, 1.82) is 0 Å². The van der Waals surface area contributed by atoms with Crippen molar-refractivity contribution in [3.8, 4) is 0 Å². The Morgan fingerprint density at radius 3 is 1.86 bits per heavy atom. The van der Waals surface area contributed by atoms with Gasteiger partial charge in [0, 0.05) is 25.0 Å². The molecule has 0 bridgehead atoms. The number of carbonyl (C=O) groups excluding carboxylic acids is 3. The number of carbonyl (C=O) groups is 3. The van der Waals surface area contributed by atoms with Crippen LogP contribution in [0.3, 0.4) is 0 Å². The minimum Gasteiger partial charge on any atom is -0.457 e. The lowest BCUT2D eigenvalue weighted by Crippen LogP contribution is -2.54. The molecule has 1 aliphatic rings. The van der Waals surface area contributed by atoms with Gasteiger partial charge in [-0.2, -0.15) is 0 Å². The Balaban J connectivity index is 2.92. The van der Waals surface area contributed by atoms with Gasteiger partial charge in [0.2, 0.25) is 0 Å². The number of aliphatic hydroxyl groups excluding tert-OH is 1. The molecule has 1 rings (SSSR count). The van der Waals surface area contributed by atoms with Crippen LogP contribution in [-0.4, -0.2) is 52.5 Å². The second kappa shape index (κ2) is 8.99. The largest absolute Gasteiger partial charge is 0.457 e. The third-order valence-corrected chi connectivity index (χ3v) is 4.22. The first-order chi connectivity index (χ1) is 10.4. The summed E-state index contributed by atoms with van der Waals surface area (Å²) in [5.74, 6) is -1.22. The van der Waals surface area contributed by atoms with E-state index in [1.165, 1.54) is 0 Å². The maximum atomic E-state index is 11.6. The van der Waals surface area contributed by atoms with Gasteiger partial charge in [-0.3, -0.25) is 14.4 Å². The molecular weight excluding hydrogens is 312 g/mol. The van der Waals surface area contributed by atoms with E-state index in [0.717, 1.165) is 11.8 Å². The van der Waals surface area contributed by atoms with Crippen LogP contribution in [-0.2, 0) is 28.6 Å². The van der Waals surface area contributed by atoms with Crippen LogP contribution < -0.4 is 0 Å². The number of ether oxygens (including phenoxy) is 3. The van der Waals surface area contributed by atoms with Crippen LogP contribution in [0, 0.1) is 0 Å². The topological polar surface area (TPSA) is 99.1 Å². The Morgan fingerprint density at radius 1 is 0.909 bits per heavy atom. The highest BCUT2D eigenvalue weighted by Crippen LogP contribution is 2.31. The lowest BCUT2D eigenvalue weighted by Gasteiger charge is -2.38. The summed E-state index contributed by atoms with van der Waals surface area (Å²) >= 11 is 1.09. The summed E-state index contributed by atoms with van der Waals surface area (Å²) in [7, 11) is 0. The van der Waals surface area contributed by atoms with Gasteiger partial charge in [0.15, 0.2) is 18.3 Å². The predicted octanol–water partition coefficient (Wildman–Crippen LogP) is 1.02. The summed E-state index contributed by atoms with van der Waals surface area (Å²) in [5, 5.41) is 10.0. The first-order valence-corrected chi connectivity index (χ1v) is 8.35. The van der Waals surface area contributed by atoms with E-state index >= 15 is 0 Å². The fraction of sp³-hybridized carbons (Fsp3) is 0.786. The molecule has 0 spiro atoms. The Morgan fingerprint density at radius 2 is 1.36 bits per heavy atom. The van der Waals surface area contributed by atoms with Gasteiger partial charge in [0.05, 0.1) is 0 Å². The van der Waals surface area contributed by atoms with Gasteiger partial charge in [0.1, 0.15) is 5.44 Å². The van der Waals surface area contributed by atoms with Crippen LogP contribution >= 0.6 is 11.8 Å². The van der Waals surface area contributed by atoms with Gasteiger partial charge in [0.25, 0.3) is 0 Å². The first kappa shape index (κ1) is 18.8. The molecule has 126 valence electrons. The van der Waals surface area contributed by atoms with E-state index in [2.05, 4.69) is 0 Å². The molecule has 0 aromatic carbocycles. The summed E-state index contributed by atoms with van der Waals surface area (Å²) < 4.78 is 15.7. The monoisotopic (exact) mass is 334 g/mol. The molecule has 0 radical (unpaired) electrons. The fourth-order valence-corrected chi connectivity index (χ4v) is 2.89. The normalized spacial score (nSPS) is 27.8. The van der Waals surface area contributed by atoms with Crippen LogP contribution in [0.15, 0.2) is 0 Å². The number of esters is 3. The van der Waals surface area contributed by atoms with E-state index in [1.54, 1.807) is 20.8 Å². The van der Waals surface area contributed by atoms with Crippen molar-refractivity contribution in [3.05, 3.63) is 0 Å². The molecule has 1 N–H and O–H groups in total. The van der Waals surface area contributed by atoms with Gasteiger partial charge >= 0.3 is 17.9 Å². The molecule has 0 unspecified atom stereocenters. The van der Waals surface area contributed by atoms with Crippen LogP contribution in [0.25, 0.3) is 0 Å². The average molecular weight is 334 g/mol. The summed E-state index contributed by atoms with van der Waals surface area (Å²) in [5.41, 5.74) is -1.04. The highest BCUT2D eigenvalue weighted by molar-refractivity contribution is 7.99. The Bertz CT molecular complexity index is 412. The maximum absolute atomic E-state index is 11.6. The Hall–Kier alpha value is -1.28. The molecule has 4 atom stereocenters. The summed E-state index contributed by atoms with van der Waals surface area (Å²) in [6.07, 6.45) is -2.39. The second-order valence-corrected chi connectivity index (χ2v) is 5.87. The number of hydrogen-bond donors (Lipinski definition) is 1. The van der Waals surface area contributed by atoms with Gasteiger partial charge in [-0.05, 0) is 0 Å². The lowest BCUT2D eigenvalue weighted by atomic mass is 10.1. The number of rotatable bonds is 6. The molecule has 8 heteroatoms. The van der Waals surface area contributed by atoms with Crippen molar-refractivity contribution in [1.82, 2.24) is 0 Å². The average Bonchev–Trinajstić information content (AvgIpc) is 2.52. The minimum absolute atomic E-state index is 0.127. The standard InChI is InChI=1S/C14H22O7S/c1-4-9(15)19-8-7-22-14(18)13(21-11(17)6-3)12(8)20-10(16)5-2/h8,12-14,18H,4-7H2,1-3H3/t8-,12+,13-,14-/m1/s1. The zero-order valence-corrected chi connectivity index (χ0v) is 13.8. The second-order valence-electron chi connectivity index (χ2n) is 4.72. The molecule has 0 aromatic rings. The maximum Gasteiger partial charge on any atom is 0.306 e. The summed E-state index contributed by atoms with van der Waals surface area (Å²) in [6, 6.07) is 0. The molecule has 1 saturated heterocycles. The van der Waals surface area contributed by atoms with Crippen LogP contribution in [0.2, 0.25) is 0 Å². The third-order valence-electron chi connectivity index (χ3n) is 3.09. The SMILES string of the molecule is CCC(=O)O[C@@H]1[C@@H](OC(=O)CC)[C@H](OC(=O)CC)CS[C@H]1O. The van der Waals surface area contributed by atoms with Crippen LogP contribution in [0.5, 0.6) is 0 Å². The fourth-order valence-electron chi connectivity index (χ4n) is 1.85. The predicted molar refractivity (Wildman–Crippen MR) is 79.0 cm³/mol. The zero-order valence-electron chi connectivity index (χ0n) is 12.9. The molecule has 7 nitrogen and oxygen atoms in total. The number of aliphatic hydroxyl groups is 1. The minimum atomic E-state index is -1.06. The van der Waals surface area contributed by atoms with Crippen molar-refractivity contribution >= 4 is 29.7 Å². The Kier molecular flexibility index (Phi) is 7.67. The molecule has 0 aliphatic carbocycles. The van der Waals surface area contributed by atoms with Crippen molar-refractivity contribution in [3.63, 3.8) is 0 Å². The van der Waals surface area contributed by atoms with Crippen molar-refractivity contribution < 1.29 is 33.7 Å². The van der Waals surface area contributed by atoms with E-state index in [4.69, 9.17) is 14.2 Å². The lowest BCUT2D eigenvalue weighted by molar-refractivity contribution is -0.190. The zero-order chi connectivity index (χ0) is 16.7. The van der Waals surface area contributed by atoms with Crippen molar-refractivity contribution in [2.45, 2.75) is 63.8 Å². The Labute approximate surface area is 133 Å². The molecule has 0 amide bonds. The molecule has 0 saturated carbocycles. The third kappa shape index (κ3) is 5.17. The summed E-state index contributed by atoms with van der Waals surface area (Å²) in [6.45, 7) is 4.89. The first-order valence-electron chi connectivity index (χ1n) is 7.30. The highest BCUT2D eigenvalue weighted by atomic mass is 32.2. The van der Waals surface area contributed by atoms with Gasteiger partial charge in [-0.1, -0.05) is 20.8 Å². The quantitative estimate of drug-likeness (QED) is 0.568. The smallest absolute Gasteiger partial charge is 0.306 e. The molecule has 22 heavy (non-hydrogen) atoms. The van der Waals surface area contributed by atoms with Crippen molar-refractivity contribution in [2.75, 3.05) is 5.75 Å². The molecule has 0 aromatic heterocycles. The highest BCUT2D eigenvalue weighted by Gasteiger charge is 2.46. The van der Waals surface area contributed by atoms with E-state index in [9.17, 15) is 19.5 Å². The molecule has 1 fully saturated rings. The summed E-state index contributed by atoms with van der Waals surface area (Å²) in [4.78, 5) is 34.6. The molecule has 1 aliphatic heterocycles. The van der Waals surface area contributed by atoms with E-state index in [0.29, 0.717) is 0 Å². The van der Waals surface area contributed by atoms with E-state index < -0.39 is 41.7 Å². The van der Waals surface area contributed by atoms with E-state index in [-0.39, 0.29) is 25.0 Å². The van der Waals surface area contributed by atoms with Crippen LogP contribution in [0.4, 0.5) is 0 Å². The van der Waals surface area contributed by atoms with Crippen LogP contribution in [0.1, 0.15) is 40.0 Å². The number of hydrogen-bond acceptors (Lipinski definition) is 8. The molecular formula is C14H22O7S. The number of thioether (sulfide) groups is 1. The van der Waals surface area contributed by atoms with Crippen molar-refractivity contribution in [2.24, 2.45) is 0 Å². The molecule has 1 heterocycles. The van der Waals surface area contributed by atoms with Gasteiger partial charge in [-0.15, -0.1) is 11.8 Å².